The summed E-state index contributed by atoms with van der Waals surface area (Å²) in [5.41, 5.74) is 3.12. The third kappa shape index (κ3) is 3.68. The van der Waals surface area contributed by atoms with Crippen molar-refractivity contribution in [2.75, 3.05) is 11.9 Å². The quantitative estimate of drug-likeness (QED) is 0.762. The molecule has 3 aromatic rings. The Morgan fingerprint density at radius 1 is 1.35 bits per heavy atom. The van der Waals surface area contributed by atoms with E-state index >= 15 is 0 Å². The molecule has 2 N–H and O–H groups in total. The molecule has 1 atom stereocenters. The molecule has 0 saturated heterocycles. The van der Waals surface area contributed by atoms with Gasteiger partial charge in [-0.2, -0.15) is 0 Å². The second kappa shape index (κ2) is 6.37. The Bertz CT molecular complexity index is 840. The number of aryl methyl sites for hydroxylation is 2. The number of carbonyl (C=O) groups excluding carboxylic acids is 1. The van der Waals surface area contributed by atoms with Crippen molar-refractivity contribution >= 4 is 34.2 Å². The van der Waals surface area contributed by atoms with Gasteiger partial charge in [0.1, 0.15) is 5.52 Å². The zero-order chi connectivity index (χ0) is 16.4. The van der Waals surface area contributed by atoms with Gasteiger partial charge in [-0.15, -0.1) is 11.3 Å². The van der Waals surface area contributed by atoms with E-state index in [-0.39, 0.29) is 11.9 Å². The monoisotopic (exact) mass is 330 g/mol. The predicted molar refractivity (Wildman–Crippen MR) is 91.0 cm³/mol. The summed E-state index contributed by atoms with van der Waals surface area (Å²) in [5.74, 6) is 0.785. The molecule has 6 nitrogen and oxygen atoms in total. The molecule has 2 heterocycles. The summed E-state index contributed by atoms with van der Waals surface area (Å²) in [6.45, 7) is 6.33. The van der Waals surface area contributed by atoms with E-state index in [0.717, 1.165) is 16.2 Å². The Labute approximate surface area is 137 Å². The second-order valence-electron chi connectivity index (χ2n) is 5.48. The van der Waals surface area contributed by atoms with E-state index in [0.29, 0.717) is 23.7 Å². The van der Waals surface area contributed by atoms with Crippen molar-refractivity contribution in [3.05, 3.63) is 40.2 Å². The van der Waals surface area contributed by atoms with Crippen LogP contribution in [0, 0.1) is 13.8 Å². The van der Waals surface area contributed by atoms with E-state index in [1.807, 2.05) is 25.3 Å². The molecule has 7 heteroatoms. The molecule has 0 aliphatic heterocycles. The fourth-order valence-electron chi connectivity index (χ4n) is 2.22. The first-order chi connectivity index (χ1) is 11.0. The molecule has 0 bridgehead atoms. The molecule has 0 aliphatic carbocycles. The third-order valence-corrected chi connectivity index (χ3v) is 4.57. The Morgan fingerprint density at radius 3 is 2.91 bits per heavy atom. The standard InChI is InChI=1S/C16H18N4O2S/c1-9(15-18-10(2)8-23-15)7-17-16(21)20-12-4-5-13-14(6-12)22-11(3)19-13/h4-6,8-9H,7H2,1-3H3,(H2,17,20,21)/t9-/m0/s1. The lowest BCUT2D eigenvalue weighted by molar-refractivity contribution is 0.251. The van der Waals surface area contributed by atoms with Gasteiger partial charge in [0, 0.05) is 42.2 Å². The molecule has 0 fully saturated rings. The maximum atomic E-state index is 12.0. The fraction of sp³-hybridized carbons (Fsp3) is 0.312. The highest BCUT2D eigenvalue weighted by Gasteiger charge is 2.11. The molecule has 0 unspecified atom stereocenters. The van der Waals surface area contributed by atoms with Crippen LogP contribution in [0.1, 0.15) is 29.4 Å². The van der Waals surface area contributed by atoms with Crippen molar-refractivity contribution in [1.29, 1.82) is 0 Å². The minimum atomic E-state index is -0.249. The zero-order valence-electron chi connectivity index (χ0n) is 13.2. The number of amides is 2. The Morgan fingerprint density at radius 2 is 2.17 bits per heavy atom. The molecule has 23 heavy (non-hydrogen) atoms. The number of fused-ring (bicyclic) bond motifs is 1. The van der Waals surface area contributed by atoms with Gasteiger partial charge in [0.25, 0.3) is 0 Å². The highest BCUT2D eigenvalue weighted by molar-refractivity contribution is 7.09. The summed E-state index contributed by atoms with van der Waals surface area (Å²) in [7, 11) is 0. The van der Waals surface area contributed by atoms with Crippen LogP contribution in [0.15, 0.2) is 28.0 Å². The van der Waals surface area contributed by atoms with Gasteiger partial charge in [-0.1, -0.05) is 6.92 Å². The molecule has 120 valence electrons. The molecular formula is C16H18N4O2S. The number of aromatic nitrogens is 2. The lowest BCUT2D eigenvalue weighted by Gasteiger charge is -2.11. The predicted octanol–water partition coefficient (Wildman–Crippen LogP) is 3.83. The van der Waals surface area contributed by atoms with E-state index < -0.39 is 0 Å². The molecule has 2 aromatic heterocycles. The van der Waals surface area contributed by atoms with Crippen LogP contribution < -0.4 is 10.6 Å². The van der Waals surface area contributed by atoms with Crippen LogP contribution in [0.25, 0.3) is 11.1 Å². The maximum Gasteiger partial charge on any atom is 0.319 e. The van der Waals surface area contributed by atoms with Gasteiger partial charge in [0.2, 0.25) is 0 Å². The van der Waals surface area contributed by atoms with Crippen LogP contribution in [0.2, 0.25) is 0 Å². The van der Waals surface area contributed by atoms with E-state index in [4.69, 9.17) is 4.42 Å². The minimum Gasteiger partial charge on any atom is -0.441 e. The van der Waals surface area contributed by atoms with Gasteiger partial charge in [0.15, 0.2) is 11.5 Å². The lowest BCUT2D eigenvalue weighted by atomic mass is 10.2. The number of rotatable bonds is 4. The summed E-state index contributed by atoms with van der Waals surface area (Å²) in [6, 6.07) is 5.14. The van der Waals surface area contributed by atoms with Crippen LogP contribution >= 0.6 is 11.3 Å². The van der Waals surface area contributed by atoms with Crippen LogP contribution in [0.3, 0.4) is 0 Å². The van der Waals surface area contributed by atoms with Crippen molar-refractivity contribution in [3.8, 4) is 0 Å². The van der Waals surface area contributed by atoms with Gasteiger partial charge in [-0.05, 0) is 19.1 Å². The Kier molecular flexibility index (Phi) is 4.29. The number of nitrogens with zero attached hydrogens (tertiary/aromatic N) is 2. The molecule has 1 aromatic carbocycles. The van der Waals surface area contributed by atoms with Crippen molar-refractivity contribution < 1.29 is 9.21 Å². The molecule has 2 amide bonds. The number of urea groups is 1. The SMILES string of the molecule is Cc1csc([C@@H](C)CNC(=O)Nc2ccc3nc(C)oc3c2)n1. The number of hydrogen-bond acceptors (Lipinski definition) is 5. The van der Waals surface area contributed by atoms with Gasteiger partial charge in [-0.25, -0.2) is 14.8 Å². The van der Waals surface area contributed by atoms with Crippen molar-refractivity contribution in [3.63, 3.8) is 0 Å². The second-order valence-corrected chi connectivity index (χ2v) is 6.37. The molecule has 0 aliphatic rings. The third-order valence-electron chi connectivity index (χ3n) is 3.38. The van der Waals surface area contributed by atoms with E-state index in [1.54, 1.807) is 30.4 Å². The largest absolute Gasteiger partial charge is 0.441 e. The number of nitrogens with one attached hydrogen (secondary N) is 2. The summed E-state index contributed by atoms with van der Waals surface area (Å²) in [6.07, 6.45) is 0. The number of thiazole rings is 1. The van der Waals surface area contributed by atoms with Crippen molar-refractivity contribution in [2.24, 2.45) is 0 Å². The zero-order valence-corrected chi connectivity index (χ0v) is 14.0. The van der Waals surface area contributed by atoms with Crippen LogP contribution in [-0.2, 0) is 0 Å². The van der Waals surface area contributed by atoms with Crippen molar-refractivity contribution in [1.82, 2.24) is 15.3 Å². The summed E-state index contributed by atoms with van der Waals surface area (Å²) in [5, 5.41) is 8.71. The van der Waals surface area contributed by atoms with Gasteiger partial charge >= 0.3 is 6.03 Å². The lowest BCUT2D eigenvalue weighted by Crippen LogP contribution is -2.31. The normalized spacial score (nSPS) is 12.3. The first-order valence-corrected chi connectivity index (χ1v) is 8.23. The van der Waals surface area contributed by atoms with Crippen LogP contribution in [0.5, 0.6) is 0 Å². The molecule has 0 radical (unpaired) electrons. The van der Waals surface area contributed by atoms with Gasteiger partial charge in [-0.3, -0.25) is 0 Å². The Balaban J connectivity index is 1.57. The smallest absolute Gasteiger partial charge is 0.319 e. The van der Waals surface area contributed by atoms with Gasteiger partial charge in [0.05, 0.1) is 5.01 Å². The average molecular weight is 330 g/mol. The molecular weight excluding hydrogens is 312 g/mol. The van der Waals surface area contributed by atoms with E-state index in [1.165, 1.54) is 0 Å². The highest BCUT2D eigenvalue weighted by atomic mass is 32.1. The summed E-state index contributed by atoms with van der Waals surface area (Å²) >= 11 is 1.61. The van der Waals surface area contributed by atoms with Crippen molar-refractivity contribution in [2.45, 2.75) is 26.7 Å². The number of hydrogen-bond donors (Lipinski definition) is 2. The number of benzene rings is 1. The number of oxazole rings is 1. The molecule has 3 rings (SSSR count). The Hall–Kier alpha value is -2.41. The molecule has 0 saturated carbocycles. The first-order valence-electron chi connectivity index (χ1n) is 7.35. The highest BCUT2D eigenvalue weighted by Crippen LogP contribution is 2.20. The first kappa shape index (κ1) is 15.5. The summed E-state index contributed by atoms with van der Waals surface area (Å²) in [4.78, 5) is 20.7. The fourth-order valence-corrected chi connectivity index (χ4v) is 3.08. The minimum absolute atomic E-state index is 0.179. The van der Waals surface area contributed by atoms with E-state index in [2.05, 4.69) is 20.6 Å². The van der Waals surface area contributed by atoms with Crippen LogP contribution in [-0.4, -0.2) is 22.5 Å². The maximum absolute atomic E-state index is 12.0. The number of anilines is 1. The number of carbonyl (C=O) groups is 1. The summed E-state index contributed by atoms with van der Waals surface area (Å²) < 4.78 is 5.46. The molecule has 0 spiro atoms. The topological polar surface area (TPSA) is 80.0 Å². The van der Waals surface area contributed by atoms with E-state index in [9.17, 15) is 4.79 Å². The van der Waals surface area contributed by atoms with Crippen LogP contribution in [0.4, 0.5) is 10.5 Å². The van der Waals surface area contributed by atoms with Gasteiger partial charge < -0.3 is 15.1 Å². The average Bonchev–Trinajstić information content (AvgIpc) is 3.09.